The molecule has 0 N–H and O–H groups in total. The Morgan fingerprint density at radius 2 is 1.79 bits per heavy atom. The van der Waals surface area contributed by atoms with Crippen LogP contribution in [0.1, 0.15) is 28.7 Å². The zero-order valence-electron chi connectivity index (χ0n) is 15.6. The van der Waals surface area contributed by atoms with Gasteiger partial charge in [0.1, 0.15) is 17.1 Å². The van der Waals surface area contributed by atoms with Crippen LogP contribution in [0.25, 0.3) is 11.0 Å². The Kier molecular flexibility index (Phi) is 4.85. The lowest BCUT2D eigenvalue weighted by molar-refractivity contribution is -0.136. The first-order chi connectivity index (χ1) is 13.4. The second-order valence-electron chi connectivity index (χ2n) is 6.99. The maximum atomic E-state index is 12.1. The van der Waals surface area contributed by atoms with E-state index < -0.39 is 5.97 Å². The molecule has 5 nitrogen and oxygen atoms in total. The number of hydrogen-bond donors (Lipinski definition) is 0. The second-order valence-corrected chi connectivity index (χ2v) is 7.37. The Morgan fingerprint density at radius 3 is 2.54 bits per heavy atom. The van der Waals surface area contributed by atoms with Gasteiger partial charge in [0.05, 0.1) is 0 Å². The average Bonchev–Trinajstić information content (AvgIpc) is 3.15. The number of halogens is 1. The zero-order chi connectivity index (χ0) is 19.8. The van der Waals surface area contributed by atoms with Crippen LogP contribution in [-0.4, -0.2) is 12.6 Å². The number of benzene rings is 2. The molecule has 0 bridgehead atoms. The maximum Gasteiger partial charge on any atom is 0.349 e. The van der Waals surface area contributed by atoms with Crippen LogP contribution in [0.3, 0.4) is 0 Å². The summed E-state index contributed by atoms with van der Waals surface area (Å²) in [5, 5.41) is 1.58. The Balaban J connectivity index is 1.48. The van der Waals surface area contributed by atoms with E-state index in [-0.39, 0.29) is 12.2 Å². The summed E-state index contributed by atoms with van der Waals surface area (Å²) in [6, 6.07) is 8.65. The normalized spacial score (nSPS) is 12.8. The highest BCUT2D eigenvalue weighted by Crippen LogP contribution is 2.30. The third-order valence-electron chi connectivity index (χ3n) is 4.94. The van der Waals surface area contributed by atoms with E-state index in [0.29, 0.717) is 22.1 Å². The smallest absolute Gasteiger partial charge is 0.349 e. The number of aryl methyl sites for hydroxylation is 3. The van der Waals surface area contributed by atoms with Gasteiger partial charge in [0, 0.05) is 22.0 Å². The van der Waals surface area contributed by atoms with Crippen LogP contribution >= 0.6 is 11.6 Å². The van der Waals surface area contributed by atoms with Crippen LogP contribution in [0, 0.1) is 13.8 Å². The first-order valence-electron chi connectivity index (χ1n) is 9.11. The van der Waals surface area contributed by atoms with Gasteiger partial charge in [-0.15, -0.1) is 0 Å². The third kappa shape index (κ3) is 3.50. The summed E-state index contributed by atoms with van der Waals surface area (Å²) in [5.41, 5.74) is 3.69. The first-order valence-corrected chi connectivity index (χ1v) is 9.49. The van der Waals surface area contributed by atoms with Crippen molar-refractivity contribution >= 4 is 28.5 Å². The van der Waals surface area contributed by atoms with E-state index in [1.165, 1.54) is 0 Å². The average molecular weight is 399 g/mol. The number of rotatable bonds is 4. The second kappa shape index (κ2) is 7.32. The standard InChI is InChI=1S/C22H19ClO5/c1-12-8-15(9-13(2)21(12)23)26-11-20(24)27-14-6-7-17-16-4-3-5-18(16)22(25)28-19(17)10-14/h6-10H,3-5,11H2,1-2H3. The summed E-state index contributed by atoms with van der Waals surface area (Å²) in [4.78, 5) is 24.2. The highest BCUT2D eigenvalue weighted by Gasteiger charge is 2.20. The number of hydrogen-bond acceptors (Lipinski definition) is 5. The monoisotopic (exact) mass is 398 g/mol. The van der Waals surface area contributed by atoms with Gasteiger partial charge in [-0.05, 0) is 74.1 Å². The van der Waals surface area contributed by atoms with Gasteiger partial charge >= 0.3 is 11.6 Å². The minimum Gasteiger partial charge on any atom is -0.482 e. The molecule has 0 aliphatic heterocycles. The van der Waals surface area contributed by atoms with Gasteiger partial charge in [0.15, 0.2) is 6.61 Å². The van der Waals surface area contributed by atoms with Crippen molar-refractivity contribution in [3.05, 3.63) is 68.0 Å². The van der Waals surface area contributed by atoms with Crippen molar-refractivity contribution in [2.75, 3.05) is 6.61 Å². The fourth-order valence-electron chi connectivity index (χ4n) is 3.62. The molecule has 0 saturated heterocycles. The van der Waals surface area contributed by atoms with Crippen molar-refractivity contribution < 1.29 is 18.7 Å². The summed E-state index contributed by atoms with van der Waals surface area (Å²) in [7, 11) is 0. The molecule has 0 spiro atoms. The largest absolute Gasteiger partial charge is 0.482 e. The molecule has 0 amide bonds. The number of carbonyl (C=O) groups is 1. The lowest BCUT2D eigenvalue weighted by Crippen LogP contribution is -2.17. The first kappa shape index (κ1) is 18.6. The summed E-state index contributed by atoms with van der Waals surface area (Å²) >= 11 is 6.14. The Bertz CT molecular complexity index is 1120. The SMILES string of the molecule is Cc1cc(OCC(=O)Oc2ccc3c4c(c(=O)oc3c2)CCC4)cc(C)c1Cl. The van der Waals surface area contributed by atoms with Crippen LogP contribution in [0.2, 0.25) is 5.02 Å². The number of fused-ring (bicyclic) bond motifs is 3. The van der Waals surface area contributed by atoms with E-state index in [0.717, 1.165) is 46.9 Å². The molecule has 1 aliphatic rings. The van der Waals surface area contributed by atoms with E-state index in [1.54, 1.807) is 24.3 Å². The predicted octanol–water partition coefficient (Wildman–Crippen LogP) is 4.54. The van der Waals surface area contributed by atoms with Crippen molar-refractivity contribution in [3.63, 3.8) is 0 Å². The van der Waals surface area contributed by atoms with E-state index in [2.05, 4.69) is 0 Å². The van der Waals surface area contributed by atoms with Crippen molar-refractivity contribution in [1.29, 1.82) is 0 Å². The summed E-state index contributed by atoms with van der Waals surface area (Å²) in [6.07, 6.45) is 2.58. The van der Waals surface area contributed by atoms with Crippen molar-refractivity contribution in [2.45, 2.75) is 33.1 Å². The molecular weight excluding hydrogens is 380 g/mol. The molecule has 0 saturated carbocycles. The predicted molar refractivity (Wildman–Crippen MR) is 107 cm³/mol. The van der Waals surface area contributed by atoms with Crippen molar-refractivity contribution in [1.82, 2.24) is 0 Å². The van der Waals surface area contributed by atoms with Gasteiger partial charge in [0.25, 0.3) is 0 Å². The van der Waals surface area contributed by atoms with E-state index in [9.17, 15) is 9.59 Å². The lowest BCUT2D eigenvalue weighted by Gasteiger charge is -2.10. The molecule has 0 unspecified atom stereocenters. The molecule has 28 heavy (non-hydrogen) atoms. The van der Waals surface area contributed by atoms with Gasteiger partial charge < -0.3 is 13.9 Å². The molecule has 6 heteroatoms. The highest BCUT2D eigenvalue weighted by atomic mass is 35.5. The number of carbonyl (C=O) groups excluding carboxylic acids is 1. The Hall–Kier alpha value is -2.79. The summed E-state index contributed by atoms with van der Waals surface area (Å²) in [6.45, 7) is 3.51. The molecular formula is C22H19ClO5. The minimum absolute atomic E-state index is 0.243. The van der Waals surface area contributed by atoms with E-state index in [4.69, 9.17) is 25.5 Å². The zero-order valence-corrected chi connectivity index (χ0v) is 16.4. The van der Waals surface area contributed by atoms with Crippen LogP contribution in [0.4, 0.5) is 0 Å². The van der Waals surface area contributed by atoms with Crippen molar-refractivity contribution in [2.24, 2.45) is 0 Å². The maximum absolute atomic E-state index is 12.1. The van der Waals surface area contributed by atoms with Crippen LogP contribution < -0.4 is 15.1 Å². The Morgan fingerprint density at radius 1 is 1.07 bits per heavy atom. The van der Waals surface area contributed by atoms with Crippen LogP contribution in [0.15, 0.2) is 39.5 Å². The molecule has 0 fully saturated rings. The van der Waals surface area contributed by atoms with Crippen LogP contribution in [-0.2, 0) is 17.6 Å². The van der Waals surface area contributed by atoms with E-state index in [1.807, 2.05) is 19.9 Å². The van der Waals surface area contributed by atoms with Gasteiger partial charge in [-0.1, -0.05) is 11.6 Å². The van der Waals surface area contributed by atoms with Gasteiger partial charge in [-0.25, -0.2) is 9.59 Å². The fraction of sp³-hybridized carbons (Fsp3) is 0.273. The Labute approximate surface area is 166 Å². The van der Waals surface area contributed by atoms with Crippen molar-refractivity contribution in [3.8, 4) is 11.5 Å². The van der Waals surface area contributed by atoms with Gasteiger partial charge in [0.2, 0.25) is 0 Å². The molecule has 1 aromatic heterocycles. The van der Waals surface area contributed by atoms with Gasteiger partial charge in [-0.2, -0.15) is 0 Å². The molecule has 4 rings (SSSR count). The summed E-state index contributed by atoms with van der Waals surface area (Å²) in [5.74, 6) is 0.315. The quantitative estimate of drug-likeness (QED) is 0.367. The minimum atomic E-state index is -0.548. The molecule has 0 atom stereocenters. The molecule has 2 aromatic carbocycles. The van der Waals surface area contributed by atoms with E-state index >= 15 is 0 Å². The molecule has 0 radical (unpaired) electrons. The molecule has 3 aromatic rings. The highest BCUT2D eigenvalue weighted by molar-refractivity contribution is 6.32. The number of esters is 1. The molecule has 1 heterocycles. The topological polar surface area (TPSA) is 65.7 Å². The lowest BCUT2D eigenvalue weighted by atomic mass is 10.1. The summed E-state index contributed by atoms with van der Waals surface area (Å²) < 4.78 is 16.3. The third-order valence-corrected chi connectivity index (χ3v) is 5.54. The molecule has 144 valence electrons. The van der Waals surface area contributed by atoms with Crippen LogP contribution in [0.5, 0.6) is 11.5 Å². The fourth-order valence-corrected chi connectivity index (χ4v) is 3.73. The number of ether oxygens (including phenoxy) is 2. The van der Waals surface area contributed by atoms with Gasteiger partial charge in [-0.3, -0.25) is 0 Å². The molecule has 1 aliphatic carbocycles.